The average Bonchev–Trinajstić information content (AvgIpc) is 2.68. The Balaban J connectivity index is 1.61. The van der Waals surface area contributed by atoms with Gasteiger partial charge in [-0.2, -0.15) is 13.2 Å². The van der Waals surface area contributed by atoms with Crippen LogP contribution in [0.2, 0.25) is 0 Å². The summed E-state index contributed by atoms with van der Waals surface area (Å²) in [5.74, 6) is -1.33. The monoisotopic (exact) mass is 406 g/mol. The van der Waals surface area contributed by atoms with Gasteiger partial charge < -0.3 is 10.4 Å². The number of carboxylic acid groups (broad SMARTS) is 1. The fourth-order valence-electron chi connectivity index (χ4n) is 3.65. The molecule has 0 aromatic heterocycles. The van der Waals surface area contributed by atoms with Crippen LogP contribution in [0.3, 0.4) is 0 Å². The molecule has 29 heavy (non-hydrogen) atoms. The predicted octanol–water partition coefficient (Wildman–Crippen LogP) is 3.76. The lowest BCUT2D eigenvalue weighted by Crippen LogP contribution is -2.49. The second kappa shape index (κ2) is 8.24. The first-order valence-corrected chi connectivity index (χ1v) is 9.19. The van der Waals surface area contributed by atoms with Gasteiger partial charge in [0.25, 0.3) is 0 Å². The highest BCUT2D eigenvalue weighted by atomic mass is 19.4. The minimum Gasteiger partial charge on any atom is -0.481 e. The Bertz CT molecular complexity index is 876. The van der Waals surface area contributed by atoms with E-state index in [1.165, 1.54) is 12.1 Å². The highest BCUT2D eigenvalue weighted by Crippen LogP contribution is 2.36. The Morgan fingerprint density at radius 1 is 1.03 bits per heavy atom. The molecule has 1 saturated heterocycles. The van der Waals surface area contributed by atoms with Gasteiger partial charge in [-0.3, -0.25) is 14.5 Å². The first-order valence-electron chi connectivity index (χ1n) is 9.19. The molecule has 1 aliphatic heterocycles. The van der Waals surface area contributed by atoms with Crippen molar-refractivity contribution in [2.75, 3.05) is 25.0 Å². The third-order valence-corrected chi connectivity index (χ3v) is 5.29. The van der Waals surface area contributed by atoms with Crippen LogP contribution < -0.4 is 5.32 Å². The van der Waals surface area contributed by atoms with Gasteiger partial charge in [0.1, 0.15) is 0 Å². The zero-order valence-corrected chi connectivity index (χ0v) is 15.6. The molecular formula is C21H21F3N2O3. The number of anilines is 1. The summed E-state index contributed by atoms with van der Waals surface area (Å²) in [6.07, 6.45) is -3.78. The Labute approximate surface area is 166 Å². The number of amides is 1. The van der Waals surface area contributed by atoms with Gasteiger partial charge in [0, 0.05) is 18.8 Å². The van der Waals surface area contributed by atoms with Crippen LogP contribution in [-0.4, -0.2) is 41.5 Å². The molecule has 2 N–H and O–H groups in total. The summed E-state index contributed by atoms with van der Waals surface area (Å²) in [6.45, 7) is 0.787. The van der Waals surface area contributed by atoms with E-state index in [1.807, 2.05) is 11.0 Å². The summed E-state index contributed by atoms with van der Waals surface area (Å²) in [6, 6.07) is 13.5. The van der Waals surface area contributed by atoms with E-state index in [9.17, 15) is 27.9 Å². The maximum atomic E-state index is 12.8. The van der Waals surface area contributed by atoms with E-state index in [0.717, 1.165) is 17.7 Å². The van der Waals surface area contributed by atoms with E-state index in [1.54, 1.807) is 24.3 Å². The highest BCUT2D eigenvalue weighted by molar-refractivity contribution is 5.92. The van der Waals surface area contributed by atoms with Gasteiger partial charge in [0.2, 0.25) is 5.91 Å². The number of piperidine rings is 1. The molecule has 0 spiro atoms. The summed E-state index contributed by atoms with van der Waals surface area (Å²) in [7, 11) is 0. The number of halogens is 3. The number of likely N-dealkylation sites (tertiary alicyclic amines) is 1. The van der Waals surface area contributed by atoms with Crippen molar-refractivity contribution in [2.45, 2.75) is 24.4 Å². The summed E-state index contributed by atoms with van der Waals surface area (Å²) in [4.78, 5) is 26.0. The molecule has 2 aromatic rings. The van der Waals surface area contributed by atoms with Crippen molar-refractivity contribution >= 4 is 17.6 Å². The van der Waals surface area contributed by atoms with Crippen LogP contribution in [0.25, 0.3) is 0 Å². The molecule has 8 heteroatoms. The molecule has 0 radical (unpaired) electrons. The molecule has 0 saturated carbocycles. The maximum Gasteiger partial charge on any atom is 0.416 e. The highest BCUT2D eigenvalue weighted by Gasteiger charge is 2.43. The quantitative estimate of drug-likeness (QED) is 0.793. The van der Waals surface area contributed by atoms with E-state index in [4.69, 9.17) is 0 Å². The van der Waals surface area contributed by atoms with Gasteiger partial charge >= 0.3 is 12.1 Å². The van der Waals surface area contributed by atoms with Gasteiger partial charge in [-0.15, -0.1) is 0 Å². The topological polar surface area (TPSA) is 69.6 Å². The molecule has 3 rings (SSSR count). The number of aliphatic carboxylic acids is 1. The van der Waals surface area contributed by atoms with Crippen molar-refractivity contribution in [3.05, 3.63) is 65.7 Å². The number of hydrogen-bond donors (Lipinski definition) is 2. The van der Waals surface area contributed by atoms with Gasteiger partial charge in [-0.25, -0.2) is 0 Å². The number of nitrogens with zero attached hydrogens (tertiary/aromatic N) is 1. The first kappa shape index (κ1) is 20.9. The molecule has 0 unspecified atom stereocenters. The SMILES string of the molecule is O=C(CN1CCC(C(=O)O)(c2ccccc2)CC1)Nc1cccc(C(F)(F)F)c1. The Morgan fingerprint density at radius 2 is 1.69 bits per heavy atom. The summed E-state index contributed by atoms with van der Waals surface area (Å²) < 4.78 is 38.4. The molecule has 1 heterocycles. The van der Waals surface area contributed by atoms with Crippen LogP contribution in [0.15, 0.2) is 54.6 Å². The number of carbonyl (C=O) groups is 2. The number of hydrogen-bond acceptors (Lipinski definition) is 3. The van der Waals surface area contributed by atoms with E-state index < -0.39 is 29.0 Å². The fraction of sp³-hybridized carbons (Fsp3) is 0.333. The predicted molar refractivity (Wildman–Crippen MR) is 102 cm³/mol. The lowest BCUT2D eigenvalue weighted by Gasteiger charge is -2.39. The van der Waals surface area contributed by atoms with Crippen molar-refractivity contribution in [1.82, 2.24) is 4.90 Å². The number of nitrogens with one attached hydrogen (secondary N) is 1. The second-order valence-corrected chi connectivity index (χ2v) is 7.16. The standard InChI is InChI=1S/C21H21F3N2O3/c22-21(23,24)16-7-4-8-17(13-16)25-18(27)14-26-11-9-20(10-12-26,19(28)29)15-5-2-1-3-6-15/h1-8,13H,9-12,14H2,(H,25,27)(H,28,29). The smallest absolute Gasteiger partial charge is 0.416 e. The maximum absolute atomic E-state index is 12.8. The number of rotatable bonds is 5. The zero-order valence-electron chi connectivity index (χ0n) is 15.6. The fourth-order valence-corrected chi connectivity index (χ4v) is 3.65. The van der Waals surface area contributed by atoms with E-state index in [0.29, 0.717) is 25.9 Å². The van der Waals surface area contributed by atoms with Crippen molar-refractivity contribution in [3.63, 3.8) is 0 Å². The third-order valence-electron chi connectivity index (χ3n) is 5.29. The largest absolute Gasteiger partial charge is 0.481 e. The molecule has 5 nitrogen and oxygen atoms in total. The minimum absolute atomic E-state index is 0.0132. The molecule has 0 bridgehead atoms. The van der Waals surface area contributed by atoms with E-state index in [2.05, 4.69) is 5.32 Å². The first-order chi connectivity index (χ1) is 13.7. The van der Waals surface area contributed by atoms with Gasteiger partial charge in [0.05, 0.1) is 17.5 Å². The number of carboxylic acids is 1. The number of benzene rings is 2. The molecule has 1 aliphatic rings. The minimum atomic E-state index is -4.48. The molecule has 1 fully saturated rings. The summed E-state index contributed by atoms with van der Waals surface area (Å²) in [5, 5.41) is 12.3. The van der Waals surface area contributed by atoms with E-state index in [-0.39, 0.29) is 12.2 Å². The molecule has 0 aliphatic carbocycles. The number of alkyl halides is 3. The Hall–Kier alpha value is -2.87. The van der Waals surface area contributed by atoms with Crippen LogP contribution in [0, 0.1) is 0 Å². The second-order valence-electron chi connectivity index (χ2n) is 7.16. The normalized spacial score (nSPS) is 16.9. The van der Waals surface area contributed by atoms with E-state index >= 15 is 0 Å². The van der Waals surface area contributed by atoms with Crippen molar-refractivity contribution in [1.29, 1.82) is 0 Å². The Morgan fingerprint density at radius 3 is 2.28 bits per heavy atom. The van der Waals surface area contributed by atoms with Crippen molar-refractivity contribution in [3.8, 4) is 0 Å². The van der Waals surface area contributed by atoms with Crippen molar-refractivity contribution < 1.29 is 27.9 Å². The molecule has 154 valence electrons. The lowest BCUT2D eigenvalue weighted by atomic mass is 9.73. The molecular weight excluding hydrogens is 385 g/mol. The van der Waals surface area contributed by atoms with Crippen LogP contribution in [0.5, 0.6) is 0 Å². The molecule has 1 amide bonds. The van der Waals surface area contributed by atoms with Crippen LogP contribution in [-0.2, 0) is 21.2 Å². The van der Waals surface area contributed by atoms with Gasteiger partial charge in [-0.1, -0.05) is 36.4 Å². The molecule has 2 aromatic carbocycles. The van der Waals surface area contributed by atoms with Gasteiger partial charge in [0.15, 0.2) is 0 Å². The summed E-state index contributed by atoms with van der Waals surface area (Å²) >= 11 is 0. The Kier molecular flexibility index (Phi) is 5.93. The van der Waals surface area contributed by atoms with Crippen LogP contribution in [0.4, 0.5) is 18.9 Å². The summed E-state index contributed by atoms with van der Waals surface area (Å²) in [5.41, 5.74) is -1.01. The zero-order chi connectivity index (χ0) is 21.1. The average molecular weight is 406 g/mol. The molecule has 0 atom stereocenters. The van der Waals surface area contributed by atoms with Crippen molar-refractivity contribution in [2.24, 2.45) is 0 Å². The van der Waals surface area contributed by atoms with Crippen LogP contribution >= 0.6 is 0 Å². The lowest BCUT2D eigenvalue weighted by molar-refractivity contribution is -0.146. The van der Waals surface area contributed by atoms with Crippen LogP contribution in [0.1, 0.15) is 24.0 Å². The third kappa shape index (κ3) is 4.76. The number of carbonyl (C=O) groups excluding carboxylic acids is 1. The van der Waals surface area contributed by atoms with Gasteiger partial charge in [-0.05, 0) is 36.6 Å².